The smallest absolute Gasteiger partial charge is 0.245 e. The predicted molar refractivity (Wildman–Crippen MR) is 53.6 cm³/mol. The molecule has 1 aliphatic heterocycles. The topological polar surface area (TPSA) is 49.4 Å². The molecule has 4 heteroatoms. The standard InChI is InChI=1S/C10H16N2O2/c1-7(2)6-12-5-4-9(13)11-8(3)10(12)14/h8H,1,4-6H2,2-3H3,(H,11,13). The van der Waals surface area contributed by atoms with Gasteiger partial charge in [0.15, 0.2) is 0 Å². The average molecular weight is 196 g/mol. The van der Waals surface area contributed by atoms with Crippen molar-refractivity contribution >= 4 is 11.8 Å². The number of hydrogen-bond donors (Lipinski definition) is 1. The first kappa shape index (κ1) is 10.8. The van der Waals surface area contributed by atoms with Crippen molar-refractivity contribution in [3.8, 4) is 0 Å². The van der Waals surface area contributed by atoms with E-state index in [1.165, 1.54) is 0 Å². The van der Waals surface area contributed by atoms with Gasteiger partial charge in [-0.25, -0.2) is 0 Å². The van der Waals surface area contributed by atoms with Gasteiger partial charge in [0.2, 0.25) is 11.8 Å². The molecule has 1 unspecified atom stereocenters. The lowest BCUT2D eigenvalue weighted by Gasteiger charge is -2.22. The molecule has 78 valence electrons. The van der Waals surface area contributed by atoms with Gasteiger partial charge in [-0.3, -0.25) is 9.59 Å². The minimum atomic E-state index is -0.413. The van der Waals surface area contributed by atoms with Gasteiger partial charge in [0.05, 0.1) is 0 Å². The normalized spacial score (nSPS) is 23.0. The van der Waals surface area contributed by atoms with E-state index in [1.807, 2.05) is 6.92 Å². The maximum Gasteiger partial charge on any atom is 0.245 e. The molecule has 0 aromatic carbocycles. The van der Waals surface area contributed by atoms with Crippen LogP contribution in [-0.4, -0.2) is 35.8 Å². The molecule has 1 atom stereocenters. The van der Waals surface area contributed by atoms with Gasteiger partial charge in [-0.1, -0.05) is 12.2 Å². The number of hydrogen-bond acceptors (Lipinski definition) is 2. The molecule has 1 saturated heterocycles. The lowest BCUT2D eigenvalue weighted by Crippen LogP contribution is -2.43. The van der Waals surface area contributed by atoms with Crippen LogP contribution in [0.2, 0.25) is 0 Å². The van der Waals surface area contributed by atoms with Crippen LogP contribution >= 0.6 is 0 Å². The molecule has 0 aliphatic carbocycles. The first-order valence-corrected chi connectivity index (χ1v) is 4.73. The molecule has 0 radical (unpaired) electrons. The van der Waals surface area contributed by atoms with Crippen molar-refractivity contribution in [2.45, 2.75) is 26.3 Å². The van der Waals surface area contributed by atoms with Crippen molar-refractivity contribution in [1.82, 2.24) is 10.2 Å². The van der Waals surface area contributed by atoms with Crippen molar-refractivity contribution in [3.05, 3.63) is 12.2 Å². The molecule has 1 N–H and O–H groups in total. The van der Waals surface area contributed by atoms with E-state index in [0.29, 0.717) is 19.5 Å². The fourth-order valence-electron chi connectivity index (χ4n) is 1.48. The van der Waals surface area contributed by atoms with Crippen molar-refractivity contribution in [1.29, 1.82) is 0 Å². The third-order valence-electron chi connectivity index (χ3n) is 2.13. The Labute approximate surface area is 84.0 Å². The number of rotatable bonds is 2. The highest BCUT2D eigenvalue weighted by Gasteiger charge is 2.25. The molecule has 0 bridgehead atoms. The maximum absolute atomic E-state index is 11.7. The summed E-state index contributed by atoms with van der Waals surface area (Å²) in [7, 11) is 0. The summed E-state index contributed by atoms with van der Waals surface area (Å²) in [6.07, 6.45) is 0.378. The lowest BCUT2D eigenvalue weighted by atomic mass is 10.2. The van der Waals surface area contributed by atoms with Gasteiger partial charge in [0.1, 0.15) is 6.04 Å². The van der Waals surface area contributed by atoms with Crippen molar-refractivity contribution in [3.63, 3.8) is 0 Å². The molecule has 0 aromatic heterocycles. The van der Waals surface area contributed by atoms with Crippen LogP contribution in [-0.2, 0) is 9.59 Å². The number of carbonyl (C=O) groups is 2. The Bertz CT molecular complexity index is 273. The molecule has 0 saturated carbocycles. The van der Waals surface area contributed by atoms with Crippen LogP contribution in [0.4, 0.5) is 0 Å². The fraction of sp³-hybridized carbons (Fsp3) is 0.600. The summed E-state index contributed by atoms with van der Waals surface area (Å²) in [5, 5.41) is 2.63. The molecular weight excluding hydrogens is 180 g/mol. The fourth-order valence-corrected chi connectivity index (χ4v) is 1.48. The Kier molecular flexibility index (Phi) is 3.28. The molecule has 0 spiro atoms. The molecule has 4 nitrogen and oxygen atoms in total. The SMILES string of the molecule is C=C(C)CN1CCC(=O)NC(C)C1=O. The largest absolute Gasteiger partial charge is 0.345 e. The number of nitrogens with one attached hydrogen (secondary N) is 1. The highest BCUT2D eigenvalue weighted by molar-refractivity contribution is 5.89. The van der Waals surface area contributed by atoms with Gasteiger partial charge in [-0.15, -0.1) is 0 Å². The van der Waals surface area contributed by atoms with E-state index in [9.17, 15) is 9.59 Å². The van der Waals surface area contributed by atoms with E-state index >= 15 is 0 Å². The van der Waals surface area contributed by atoms with E-state index in [4.69, 9.17) is 0 Å². The number of carbonyl (C=O) groups excluding carboxylic acids is 2. The third kappa shape index (κ3) is 2.58. The van der Waals surface area contributed by atoms with E-state index in [1.54, 1.807) is 11.8 Å². The first-order chi connectivity index (χ1) is 6.50. The van der Waals surface area contributed by atoms with Crippen LogP contribution in [0.5, 0.6) is 0 Å². The summed E-state index contributed by atoms with van der Waals surface area (Å²) in [5.74, 6) is -0.0890. The van der Waals surface area contributed by atoms with Gasteiger partial charge >= 0.3 is 0 Å². The highest BCUT2D eigenvalue weighted by Crippen LogP contribution is 2.05. The average Bonchev–Trinajstić information content (AvgIpc) is 2.18. The maximum atomic E-state index is 11.7. The van der Waals surface area contributed by atoms with E-state index in [-0.39, 0.29) is 11.8 Å². The van der Waals surface area contributed by atoms with Gasteiger partial charge < -0.3 is 10.2 Å². The Hall–Kier alpha value is -1.32. The second-order valence-electron chi connectivity index (χ2n) is 3.76. The zero-order valence-corrected chi connectivity index (χ0v) is 8.67. The van der Waals surface area contributed by atoms with Crippen molar-refractivity contribution < 1.29 is 9.59 Å². The zero-order chi connectivity index (χ0) is 10.7. The first-order valence-electron chi connectivity index (χ1n) is 4.73. The Balaban J connectivity index is 2.70. The number of nitrogens with zero attached hydrogens (tertiary/aromatic N) is 1. The number of amides is 2. The third-order valence-corrected chi connectivity index (χ3v) is 2.13. The van der Waals surface area contributed by atoms with Crippen LogP contribution in [0.25, 0.3) is 0 Å². The van der Waals surface area contributed by atoms with Gasteiger partial charge in [-0.2, -0.15) is 0 Å². The van der Waals surface area contributed by atoms with E-state index in [0.717, 1.165) is 5.57 Å². The monoisotopic (exact) mass is 196 g/mol. The summed E-state index contributed by atoms with van der Waals surface area (Å²) >= 11 is 0. The summed E-state index contributed by atoms with van der Waals surface area (Å²) in [5.41, 5.74) is 0.930. The van der Waals surface area contributed by atoms with Crippen molar-refractivity contribution in [2.24, 2.45) is 0 Å². The van der Waals surface area contributed by atoms with Gasteiger partial charge in [0.25, 0.3) is 0 Å². The van der Waals surface area contributed by atoms with Crippen molar-refractivity contribution in [2.75, 3.05) is 13.1 Å². The molecule has 1 heterocycles. The van der Waals surface area contributed by atoms with Gasteiger partial charge in [0, 0.05) is 19.5 Å². The summed E-state index contributed by atoms with van der Waals surface area (Å²) < 4.78 is 0. The molecular formula is C10H16N2O2. The molecule has 1 aliphatic rings. The van der Waals surface area contributed by atoms with Crippen LogP contribution in [0, 0.1) is 0 Å². The highest BCUT2D eigenvalue weighted by atomic mass is 16.2. The second kappa shape index (κ2) is 4.26. The molecule has 1 rings (SSSR count). The van der Waals surface area contributed by atoms with E-state index < -0.39 is 6.04 Å². The summed E-state index contributed by atoms with van der Waals surface area (Å²) in [6, 6.07) is -0.413. The summed E-state index contributed by atoms with van der Waals surface area (Å²) in [4.78, 5) is 24.5. The lowest BCUT2D eigenvalue weighted by molar-refractivity contribution is -0.132. The predicted octanol–water partition coefficient (Wildman–Crippen LogP) is 0.299. The van der Waals surface area contributed by atoms with Crippen LogP contribution < -0.4 is 5.32 Å². The van der Waals surface area contributed by atoms with Crippen LogP contribution in [0.15, 0.2) is 12.2 Å². The minimum absolute atomic E-state index is 0.0288. The molecule has 0 aromatic rings. The second-order valence-corrected chi connectivity index (χ2v) is 3.76. The Morgan fingerprint density at radius 1 is 1.64 bits per heavy atom. The zero-order valence-electron chi connectivity index (χ0n) is 8.67. The van der Waals surface area contributed by atoms with Gasteiger partial charge in [-0.05, 0) is 13.8 Å². The summed E-state index contributed by atoms with van der Waals surface area (Å²) in [6.45, 7) is 8.37. The minimum Gasteiger partial charge on any atom is -0.345 e. The molecule has 2 amide bonds. The quantitative estimate of drug-likeness (QED) is 0.646. The van der Waals surface area contributed by atoms with Crippen LogP contribution in [0.3, 0.4) is 0 Å². The Morgan fingerprint density at radius 2 is 2.29 bits per heavy atom. The molecule has 1 fully saturated rings. The van der Waals surface area contributed by atoms with E-state index in [2.05, 4.69) is 11.9 Å². The Morgan fingerprint density at radius 3 is 2.86 bits per heavy atom. The molecule has 14 heavy (non-hydrogen) atoms. The van der Waals surface area contributed by atoms with Crippen LogP contribution in [0.1, 0.15) is 20.3 Å².